The molecule has 0 saturated heterocycles. The summed E-state index contributed by atoms with van der Waals surface area (Å²) in [4.78, 5) is 11.6. The lowest BCUT2D eigenvalue weighted by Crippen LogP contribution is -2.17. The normalized spacial score (nSPS) is 16.4. The molecule has 1 aliphatic rings. The number of non-ortho nitro benzene ring substituents is 1. The van der Waals surface area contributed by atoms with Crippen LogP contribution in [-0.2, 0) is 10.8 Å². The Morgan fingerprint density at radius 3 is 2.55 bits per heavy atom. The first-order valence-electron chi connectivity index (χ1n) is 5.77. The van der Waals surface area contributed by atoms with Gasteiger partial charge in [0.25, 0.3) is 5.69 Å². The number of hydrogen-bond donors (Lipinski definition) is 0. The van der Waals surface area contributed by atoms with E-state index in [-0.39, 0.29) is 5.69 Å². The molecular formula is C13H10N2O3S2. The number of rotatable bonds is 2. The Hall–Kier alpha value is -1.86. The van der Waals surface area contributed by atoms with Crippen molar-refractivity contribution in [3.63, 3.8) is 0 Å². The van der Waals surface area contributed by atoms with Gasteiger partial charge in [0.2, 0.25) is 0 Å². The number of fused-ring (bicyclic) bond motifs is 2. The first-order valence-corrected chi connectivity index (χ1v) is 8.10. The molecule has 7 heteroatoms. The summed E-state index contributed by atoms with van der Waals surface area (Å²) in [6, 6.07) is 11.9. The largest absolute Gasteiger partial charge is 0.282 e. The highest BCUT2D eigenvalue weighted by Crippen LogP contribution is 2.45. The first kappa shape index (κ1) is 13.1. The zero-order valence-corrected chi connectivity index (χ0v) is 12.1. The molecule has 1 atom stereocenters. The molecule has 0 N–H and O–H groups in total. The fourth-order valence-corrected chi connectivity index (χ4v) is 4.35. The summed E-state index contributed by atoms with van der Waals surface area (Å²) in [5, 5.41) is 10.9. The van der Waals surface area contributed by atoms with Crippen molar-refractivity contribution < 1.29 is 9.13 Å². The van der Waals surface area contributed by atoms with E-state index in [0.717, 1.165) is 11.4 Å². The summed E-state index contributed by atoms with van der Waals surface area (Å²) in [7, 11) is -1.40. The summed E-state index contributed by atoms with van der Waals surface area (Å²) in [5.41, 5.74) is 1.55. The molecule has 1 aliphatic heterocycles. The highest BCUT2D eigenvalue weighted by atomic mass is 32.2. The molecule has 0 radical (unpaired) electrons. The van der Waals surface area contributed by atoms with Gasteiger partial charge in [-0.25, -0.2) is 4.21 Å². The van der Waals surface area contributed by atoms with Crippen molar-refractivity contribution in [3.8, 4) is 0 Å². The van der Waals surface area contributed by atoms with E-state index in [2.05, 4.69) is 0 Å². The second-order valence-electron chi connectivity index (χ2n) is 4.12. The fourth-order valence-electron chi connectivity index (χ4n) is 2.16. The Labute approximate surface area is 122 Å². The van der Waals surface area contributed by atoms with E-state index in [9.17, 15) is 14.3 Å². The maximum Gasteiger partial charge on any atom is 0.270 e. The highest BCUT2D eigenvalue weighted by molar-refractivity contribution is 8.00. The molecule has 102 valence electrons. The predicted octanol–water partition coefficient (Wildman–Crippen LogP) is 3.49. The van der Waals surface area contributed by atoms with Gasteiger partial charge in [0.05, 0.1) is 36.9 Å². The summed E-state index contributed by atoms with van der Waals surface area (Å²) in [6.45, 7) is 0. The van der Waals surface area contributed by atoms with E-state index in [1.807, 2.05) is 28.8 Å². The quantitative estimate of drug-likeness (QED) is 0.483. The van der Waals surface area contributed by atoms with Crippen LogP contribution in [0.25, 0.3) is 0 Å². The minimum absolute atomic E-state index is 0.0439. The molecule has 0 aromatic heterocycles. The fraction of sp³-hybridized carbons (Fsp3) is 0.0769. The SMILES string of the molecule is CSN1c2ccccc2S(=O)c2cc([N+](=O)[O-])ccc21. The summed E-state index contributed by atoms with van der Waals surface area (Å²) in [5.74, 6) is 0. The summed E-state index contributed by atoms with van der Waals surface area (Å²) in [6.07, 6.45) is 1.91. The van der Waals surface area contributed by atoms with Crippen LogP contribution in [-0.4, -0.2) is 15.4 Å². The van der Waals surface area contributed by atoms with Gasteiger partial charge < -0.3 is 0 Å². The Morgan fingerprint density at radius 2 is 1.85 bits per heavy atom. The Kier molecular flexibility index (Phi) is 3.23. The van der Waals surface area contributed by atoms with Crippen LogP contribution in [0.3, 0.4) is 0 Å². The van der Waals surface area contributed by atoms with E-state index < -0.39 is 15.7 Å². The smallest absolute Gasteiger partial charge is 0.270 e. The van der Waals surface area contributed by atoms with Gasteiger partial charge in [0.15, 0.2) is 0 Å². The van der Waals surface area contributed by atoms with Gasteiger partial charge in [-0.15, -0.1) is 0 Å². The second kappa shape index (κ2) is 4.92. The third kappa shape index (κ3) is 1.90. The molecule has 5 nitrogen and oxygen atoms in total. The van der Waals surface area contributed by atoms with Crippen molar-refractivity contribution in [1.82, 2.24) is 0 Å². The molecule has 1 unspecified atom stereocenters. The van der Waals surface area contributed by atoms with Crippen LogP contribution in [0.4, 0.5) is 17.1 Å². The number of benzene rings is 2. The van der Waals surface area contributed by atoms with Gasteiger partial charge in [-0.1, -0.05) is 12.1 Å². The van der Waals surface area contributed by atoms with Crippen LogP contribution in [0.15, 0.2) is 52.3 Å². The van der Waals surface area contributed by atoms with Crippen molar-refractivity contribution in [2.75, 3.05) is 10.6 Å². The zero-order chi connectivity index (χ0) is 14.3. The van der Waals surface area contributed by atoms with Crippen LogP contribution in [0.2, 0.25) is 0 Å². The van der Waals surface area contributed by atoms with E-state index in [0.29, 0.717) is 9.79 Å². The van der Waals surface area contributed by atoms with E-state index >= 15 is 0 Å². The van der Waals surface area contributed by atoms with Crippen molar-refractivity contribution in [1.29, 1.82) is 0 Å². The third-order valence-electron chi connectivity index (χ3n) is 3.04. The number of hydrogen-bond acceptors (Lipinski definition) is 5. The highest BCUT2D eigenvalue weighted by Gasteiger charge is 2.29. The van der Waals surface area contributed by atoms with Crippen LogP contribution in [0, 0.1) is 10.1 Å². The lowest BCUT2D eigenvalue weighted by atomic mass is 10.2. The molecule has 0 bridgehead atoms. The molecule has 0 spiro atoms. The van der Waals surface area contributed by atoms with Gasteiger partial charge in [-0.3, -0.25) is 14.4 Å². The molecule has 0 fully saturated rings. The maximum atomic E-state index is 12.6. The minimum Gasteiger partial charge on any atom is -0.282 e. The van der Waals surface area contributed by atoms with E-state index in [4.69, 9.17) is 0 Å². The van der Waals surface area contributed by atoms with Crippen molar-refractivity contribution in [2.24, 2.45) is 0 Å². The number of anilines is 2. The van der Waals surface area contributed by atoms with E-state index in [1.54, 1.807) is 12.1 Å². The van der Waals surface area contributed by atoms with Crippen LogP contribution < -0.4 is 4.31 Å². The Balaban J connectivity index is 2.25. The second-order valence-corrected chi connectivity index (χ2v) is 6.27. The summed E-state index contributed by atoms with van der Waals surface area (Å²) < 4.78 is 14.5. The van der Waals surface area contributed by atoms with Crippen LogP contribution >= 0.6 is 11.9 Å². The van der Waals surface area contributed by atoms with Crippen molar-refractivity contribution in [3.05, 3.63) is 52.6 Å². The molecule has 2 aromatic carbocycles. The lowest BCUT2D eigenvalue weighted by molar-refractivity contribution is -0.385. The third-order valence-corrected chi connectivity index (χ3v) is 5.27. The van der Waals surface area contributed by atoms with Crippen LogP contribution in [0.1, 0.15) is 0 Å². The van der Waals surface area contributed by atoms with E-state index in [1.165, 1.54) is 24.1 Å². The average Bonchev–Trinajstić information content (AvgIpc) is 2.47. The molecule has 0 saturated carbocycles. The van der Waals surface area contributed by atoms with Gasteiger partial charge in [-0.2, -0.15) is 0 Å². The molecule has 20 heavy (non-hydrogen) atoms. The Morgan fingerprint density at radius 1 is 1.15 bits per heavy atom. The van der Waals surface area contributed by atoms with Gasteiger partial charge in [0, 0.05) is 18.4 Å². The predicted molar refractivity (Wildman–Crippen MR) is 79.9 cm³/mol. The lowest BCUT2D eigenvalue weighted by Gasteiger charge is -2.30. The molecule has 0 amide bonds. The Bertz CT molecular complexity index is 733. The van der Waals surface area contributed by atoms with Gasteiger partial charge >= 0.3 is 0 Å². The summed E-state index contributed by atoms with van der Waals surface area (Å²) >= 11 is 1.48. The van der Waals surface area contributed by atoms with Crippen molar-refractivity contribution in [2.45, 2.75) is 9.79 Å². The topological polar surface area (TPSA) is 63.5 Å². The zero-order valence-electron chi connectivity index (χ0n) is 10.5. The minimum atomic E-state index is -1.40. The first-order chi connectivity index (χ1) is 9.63. The number of nitrogens with zero attached hydrogens (tertiary/aromatic N) is 2. The molecular weight excluding hydrogens is 296 g/mol. The molecule has 0 aliphatic carbocycles. The monoisotopic (exact) mass is 306 g/mol. The van der Waals surface area contributed by atoms with Crippen LogP contribution in [0.5, 0.6) is 0 Å². The van der Waals surface area contributed by atoms with Crippen molar-refractivity contribution >= 4 is 39.8 Å². The molecule has 1 heterocycles. The standard InChI is InChI=1S/C13H10N2O3S2/c1-19-14-10-4-2-3-5-12(10)20(18)13-8-9(15(16)17)6-7-11(13)14/h2-8H,1H3. The number of nitro groups is 1. The number of para-hydroxylation sites is 1. The number of nitro benzene ring substituents is 1. The maximum absolute atomic E-state index is 12.6. The average molecular weight is 306 g/mol. The van der Waals surface area contributed by atoms with Gasteiger partial charge in [-0.05, 0) is 30.1 Å². The van der Waals surface area contributed by atoms with Gasteiger partial charge in [0.1, 0.15) is 0 Å². The molecule has 3 rings (SSSR count). The molecule has 2 aromatic rings.